The molecule has 0 saturated carbocycles. The summed E-state index contributed by atoms with van der Waals surface area (Å²) in [6, 6.07) is 6.59. The van der Waals surface area contributed by atoms with Gasteiger partial charge < -0.3 is 10.6 Å². The summed E-state index contributed by atoms with van der Waals surface area (Å²) in [6.45, 7) is 1.30. The maximum atomic E-state index is 12.8. The number of nitrogens with two attached hydrogens (primary N) is 1. The second-order valence-corrected chi connectivity index (χ2v) is 7.90. The molecular formula is C14H21N3O2S2. The van der Waals surface area contributed by atoms with Crippen LogP contribution < -0.4 is 5.73 Å². The molecule has 0 amide bonds. The number of hydrogen-bond acceptors (Lipinski definition) is 4. The topological polar surface area (TPSA) is 66.6 Å². The molecule has 1 heterocycles. The van der Waals surface area contributed by atoms with Crippen molar-refractivity contribution < 1.29 is 8.42 Å². The van der Waals surface area contributed by atoms with Crippen molar-refractivity contribution in [2.45, 2.75) is 23.8 Å². The second-order valence-electron chi connectivity index (χ2n) is 5.57. The van der Waals surface area contributed by atoms with E-state index >= 15 is 0 Å². The molecule has 21 heavy (non-hydrogen) atoms. The first-order chi connectivity index (χ1) is 9.82. The van der Waals surface area contributed by atoms with Gasteiger partial charge in [0.25, 0.3) is 0 Å². The monoisotopic (exact) mass is 327 g/mol. The van der Waals surface area contributed by atoms with Crippen LogP contribution in [0.15, 0.2) is 29.2 Å². The second kappa shape index (κ2) is 6.39. The minimum Gasteiger partial charge on any atom is -0.389 e. The van der Waals surface area contributed by atoms with Crippen molar-refractivity contribution in [2.24, 2.45) is 5.73 Å². The van der Waals surface area contributed by atoms with Crippen molar-refractivity contribution in [1.29, 1.82) is 0 Å². The van der Waals surface area contributed by atoms with Crippen molar-refractivity contribution in [3.8, 4) is 0 Å². The van der Waals surface area contributed by atoms with Crippen molar-refractivity contribution in [3.63, 3.8) is 0 Å². The van der Waals surface area contributed by atoms with E-state index in [1.807, 2.05) is 19.0 Å². The van der Waals surface area contributed by atoms with Crippen molar-refractivity contribution in [1.82, 2.24) is 9.21 Å². The Morgan fingerprint density at radius 3 is 2.81 bits per heavy atom. The molecule has 0 spiro atoms. The third-order valence-corrected chi connectivity index (χ3v) is 5.81. The lowest BCUT2D eigenvalue weighted by Crippen LogP contribution is -2.41. The summed E-state index contributed by atoms with van der Waals surface area (Å²) in [5.41, 5.74) is 6.17. The Labute approximate surface area is 131 Å². The molecule has 1 atom stereocenters. The van der Waals surface area contributed by atoms with Gasteiger partial charge in [-0.15, -0.1) is 0 Å². The molecule has 2 rings (SSSR count). The quantitative estimate of drug-likeness (QED) is 0.819. The van der Waals surface area contributed by atoms with Gasteiger partial charge in [-0.1, -0.05) is 24.4 Å². The Bertz CT molecular complexity index is 629. The molecule has 7 heteroatoms. The van der Waals surface area contributed by atoms with Crippen LogP contribution in [0.1, 0.15) is 18.4 Å². The summed E-state index contributed by atoms with van der Waals surface area (Å²) in [7, 11) is 0.412. The molecule has 1 aliphatic heterocycles. The van der Waals surface area contributed by atoms with Gasteiger partial charge in [-0.05, 0) is 39.1 Å². The van der Waals surface area contributed by atoms with Gasteiger partial charge in [0.1, 0.15) is 4.99 Å². The average molecular weight is 327 g/mol. The number of thiocarbonyl (C=S) groups is 1. The van der Waals surface area contributed by atoms with Crippen LogP contribution in [0.3, 0.4) is 0 Å². The summed E-state index contributed by atoms with van der Waals surface area (Å²) in [4.78, 5) is 2.49. The zero-order valence-corrected chi connectivity index (χ0v) is 14.0. The highest BCUT2D eigenvalue weighted by Gasteiger charge is 2.35. The van der Waals surface area contributed by atoms with E-state index in [4.69, 9.17) is 18.0 Å². The molecular weight excluding hydrogens is 306 g/mol. The molecule has 1 aromatic rings. The molecule has 1 aliphatic rings. The highest BCUT2D eigenvalue weighted by atomic mass is 32.2. The molecule has 1 saturated heterocycles. The minimum absolute atomic E-state index is 0.0264. The fourth-order valence-electron chi connectivity index (χ4n) is 2.67. The Morgan fingerprint density at radius 1 is 1.48 bits per heavy atom. The Balaban J connectivity index is 2.33. The van der Waals surface area contributed by atoms with E-state index in [9.17, 15) is 8.42 Å². The Kier molecular flexibility index (Phi) is 4.98. The van der Waals surface area contributed by atoms with Gasteiger partial charge in [-0.2, -0.15) is 4.31 Å². The number of rotatable bonds is 5. The van der Waals surface area contributed by atoms with Crippen LogP contribution in [0.25, 0.3) is 0 Å². The van der Waals surface area contributed by atoms with Crippen molar-refractivity contribution >= 4 is 27.2 Å². The number of nitrogens with zero attached hydrogens (tertiary/aromatic N) is 2. The van der Waals surface area contributed by atoms with E-state index in [1.165, 1.54) is 0 Å². The number of benzene rings is 1. The molecule has 0 aromatic heterocycles. The van der Waals surface area contributed by atoms with Gasteiger partial charge in [-0.25, -0.2) is 8.42 Å². The highest BCUT2D eigenvalue weighted by molar-refractivity contribution is 7.89. The largest absolute Gasteiger partial charge is 0.389 e. The molecule has 0 radical (unpaired) electrons. The van der Waals surface area contributed by atoms with E-state index in [0.29, 0.717) is 12.1 Å². The molecule has 2 N–H and O–H groups in total. The molecule has 0 aliphatic carbocycles. The van der Waals surface area contributed by atoms with Crippen LogP contribution in [-0.4, -0.2) is 55.8 Å². The lowest BCUT2D eigenvalue weighted by atomic mass is 10.2. The molecule has 5 nitrogen and oxygen atoms in total. The van der Waals surface area contributed by atoms with Crippen LogP contribution in [0.2, 0.25) is 0 Å². The zero-order chi connectivity index (χ0) is 15.6. The zero-order valence-electron chi connectivity index (χ0n) is 12.3. The van der Waals surface area contributed by atoms with Gasteiger partial charge in [0.2, 0.25) is 10.0 Å². The maximum absolute atomic E-state index is 12.8. The van der Waals surface area contributed by atoms with Crippen LogP contribution in [-0.2, 0) is 10.0 Å². The van der Waals surface area contributed by atoms with Gasteiger partial charge in [0.05, 0.1) is 4.90 Å². The summed E-state index contributed by atoms with van der Waals surface area (Å²) in [6.07, 6.45) is 1.79. The van der Waals surface area contributed by atoms with Gasteiger partial charge in [0, 0.05) is 24.7 Å². The smallest absolute Gasteiger partial charge is 0.243 e. The average Bonchev–Trinajstić information content (AvgIpc) is 2.86. The van der Waals surface area contributed by atoms with Crippen LogP contribution >= 0.6 is 12.2 Å². The van der Waals surface area contributed by atoms with E-state index < -0.39 is 10.0 Å². The number of likely N-dealkylation sites (N-methyl/N-ethyl adjacent to an activating group) is 1. The fourth-order valence-corrected chi connectivity index (χ4v) is 4.53. The van der Waals surface area contributed by atoms with Gasteiger partial charge in [0.15, 0.2) is 0 Å². The third kappa shape index (κ3) is 3.60. The fraction of sp³-hybridized carbons (Fsp3) is 0.500. The van der Waals surface area contributed by atoms with Crippen LogP contribution in [0.5, 0.6) is 0 Å². The first kappa shape index (κ1) is 16.4. The van der Waals surface area contributed by atoms with Crippen LogP contribution in [0.4, 0.5) is 0 Å². The normalized spacial score (nSPS) is 20.0. The summed E-state index contributed by atoms with van der Waals surface area (Å²) >= 11 is 4.92. The summed E-state index contributed by atoms with van der Waals surface area (Å²) < 4.78 is 27.3. The third-order valence-electron chi connectivity index (χ3n) is 3.62. The Morgan fingerprint density at radius 2 is 2.19 bits per heavy atom. The molecule has 1 unspecified atom stereocenters. The molecule has 1 fully saturated rings. The highest BCUT2D eigenvalue weighted by Crippen LogP contribution is 2.26. The first-order valence-electron chi connectivity index (χ1n) is 6.89. The van der Waals surface area contributed by atoms with Crippen molar-refractivity contribution in [2.75, 3.05) is 27.2 Å². The predicted octanol–water partition coefficient (Wildman–Crippen LogP) is 1.04. The standard InChI is InChI=1S/C14H21N3O2S2/c1-16(2)10-12-6-4-8-17(12)21(18,19)13-7-3-5-11(9-13)14(15)20/h3,5,7,9,12H,4,6,8,10H2,1-2H3,(H2,15,20). The van der Waals surface area contributed by atoms with E-state index in [1.54, 1.807) is 28.6 Å². The Hall–Kier alpha value is -1.02. The van der Waals surface area contributed by atoms with Crippen LogP contribution in [0, 0.1) is 0 Å². The predicted molar refractivity (Wildman–Crippen MR) is 87.8 cm³/mol. The van der Waals surface area contributed by atoms with E-state index in [2.05, 4.69) is 0 Å². The molecule has 1 aromatic carbocycles. The maximum Gasteiger partial charge on any atom is 0.243 e. The first-order valence-corrected chi connectivity index (χ1v) is 8.73. The molecule has 0 bridgehead atoms. The number of sulfonamides is 1. The van der Waals surface area contributed by atoms with Gasteiger partial charge >= 0.3 is 0 Å². The van der Waals surface area contributed by atoms with E-state index in [0.717, 1.165) is 19.4 Å². The molecule has 116 valence electrons. The lowest BCUT2D eigenvalue weighted by molar-refractivity contribution is 0.291. The van der Waals surface area contributed by atoms with Crippen molar-refractivity contribution in [3.05, 3.63) is 29.8 Å². The SMILES string of the molecule is CN(C)CC1CCCN1S(=O)(=O)c1cccc(C(N)=S)c1. The summed E-state index contributed by atoms with van der Waals surface area (Å²) in [5.74, 6) is 0. The minimum atomic E-state index is -3.50. The van der Waals surface area contributed by atoms with E-state index in [-0.39, 0.29) is 15.9 Å². The van der Waals surface area contributed by atoms with Gasteiger partial charge in [-0.3, -0.25) is 0 Å². The lowest BCUT2D eigenvalue weighted by Gasteiger charge is -2.26. The summed E-state index contributed by atoms with van der Waals surface area (Å²) in [5, 5.41) is 0. The number of hydrogen-bond donors (Lipinski definition) is 1.